The van der Waals surface area contributed by atoms with Gasteiger partial charge < -0.3 is 15.5 Å². The van der Waals surface area contributed by atoms with Gasteiger partial charge in [-0.15, -0.1) is 0 Å². The van der Waals surface area contributed by atoms with E-state index in [2.05, 4.69) is 62.4 Å². The minimum atomic E-state index is 0.674. The molecule has 7 heteroatoms. The van der Waals surface area contributed by atoms with Gasteiger partial charge >= 0.3 is 0 Å². The molecule has 0 saturated carbocycles. The highest BCUT2D eigenvalue weighted by atomic mass is 32.1. The van der Waals surface area contributed by atoms with Crippen molar-refractivity contribution in [3.05, 3.63) is 47.8 Å². The van der Waals surface area contributed by atoms with Crippen LogP contribution >= 0.6 is 12.2 Å². The highest BCUT2D eigenvalue weighted by molar-refractivity contribution is 7.80. The molecule has 2 N–H and O–H groups in total. The van der Waals surface area contributed by atoms with Crippen molar-refractivity contribution >= 4 is 29.0 Å². The molecule has 138 valence electrons. The Bertz CT molecular complexity index is 728. The summed E-state index contributed by atoms with van der Waals surface area (Å²) in [7, 11) is 0. The number of piperazine rings is 1. The van der Waals surface area contributed by atoms with Crippen molar-refractivity contribution in [2.75, 3.05) is 49.5 Å². The zero-order valence-electron chi connectivity index (χ0n) is 15.4. The van der Waals surface area contributed by atoms with Gasteiger partial charge in [0.2, 0.25) is 5.95 Å². The Kier molecular flexibility index (Phi) is 6.35. The highest BCUT2D eigenvalue weighted by Gasteiger charge is 2.18. The molecule has 1 fully saturated rings. The van der Waals surface area contributed by atoms with Crippen molar-refractivity contribution in [2.24, 2.45) is 0 Å². The summed E-state index contributed by atoms with van der Waals surface area (Å²) in [6.07, 6.45) is 3.59. The van der Waals surface area contributed by atoms with E-state index in [9.17, 15) is 0 Å². The van der Waals surface area contributed by atoms with Crippen molar-refractivity contribution < 1.29 is 0 Å². The van der Waals surface area contributed by atoms with E-state index < -0.39 is 0 Å². The van der Waals surface area contributed by atoms with Crippen LogP contribution in [-0.2, 0) is 0 Å². The number of nitrogens with zero attached hydrogens (tertiary/aromatic N) is 4. The summed E-state index contributed by atoms with van der Waals surface area (Å²) in [5.41, 5.74) is 3.52. The fourth-order valence-corrected chi connectivity index (χ4v) is 3.29. The van der Waals surface area contributed by atoms with Gasteiger partial charge in [-0.05, 0) is 43.8 Å². The van der Waals surface area contributed by atoms with Gasteiger partial charge in [0.25, 0.3) is 0 Å². The second-order valence-corrected chi connectivity index (χ2v) is 6.99. The molecule has 2 aromatic rings. The van der Waals surface area contributed by atoms with Gasteiger partial charge in [0.05, 0.1) is 0 Å². The second-order valence-electron chi connectivity index (χ2n) is 6.58. The molecule has 3 rings (SSSR count). The molecule has 1 aromatic carbocycles. The van der Waals surface area contributed by atoms with E-state index in [1.165, 1.54) is 11.1 Å². The molecule has 1 aliphatic rings. The number of benzene rings is 1. The summed E-state index contributed by atoms with van der Waals surface area (Å²) in [5.74, 6) is 0.823. The summed E-state index contributed by atoms with van der Waals surface area (Å²) in [5, 5.41) is 7.26. The molecule has 0 spiro atoms. The van der Waals surface area contributed by atoms with Gasteiger partial charge in [0.15, 0.2) is 5.11 Å². The fraction of sp³-hybridized carbons (Fsp3) is 0.421. The quantitative estimate of drug-likeness (QED) is 0.783. The Morgan fingerprint density at radius 3 is 2.54 bits per heavy atom. The van der Waals surface area contributed by atoms with E-state index in [0.717, 1.165) is 50.9 Å². The zero-order valence-corrected chi connectivity index (χ0v) is 16.2. The smallest absolute Gasteiger partial charge is 0.225 e. The maximum absolute atomic E-state index is 5.41. The summed E-state index contributed by atoms with van der Waals surface area (Å²) in [4.78, 5) is 13.3. The van der Waals surface area contributed by atoms with Crippen molar-refractivity contribution in [3.63, 3.8) is 0 Å². The normalized spacial score (nSPS) is 14.9. The minimum absolute atomic E-state index is 0.674. The lowest BCUT2D eigenvalue weighted by Gasteiger charge is -2.34. The van der Waals surface area contributed by atoms with Crippen LogP contribution in [0.15, 0.2) is 36.7 Å². The Hall–Kier alpha value is -2.25. The van der Waals surface area contributed by atoms with E-state index >= 15 is 0 Å². The number of rotatable bonds is 5. The Morgan fingerprint density at radius 2 is 1.85 bits per heavy atom. The minimum Gasteiger partial charge on any atom is -0.361 e. The molecule has 1 aliphatic heterocycles. The van der Waals surface area contributed by atoms with Crippen LogP contribution in [0.5, 0.6) is 0 Å². The van der Waals surface area contributed by atoms with Crippen LogP contribution in [0.2, 0.25) is 0 Å². The van der Waals surface area contributed by atoms with Crippen molar-refractivity contribution in [3.8, 4) is 0 Å². The monoisotopic (exact) mass is 370 g/mol. The average Bonchev–Trinajstić information content (AvgIpc) is 2.65. The molecule has 1 saturated heterocycles. The molecular weight excluding hydrogens is 344 g/mol. The van der Waals surface area contributed by atoms with Crippen LogP contribution in [0, 0.1) is 13.8 Å². The van der Waals surface area contributed by atoms with Crippen LogP contribution in [0.3, 0.4) is 0 Å². The first-order chi connectivity index (χ1) is 12.6. The molecule has 0 atom stereocenters. The van der Waals surface area contributed by atoms with E-state index in [1.54, 1.807) is 12.4 Å². The lowest BCUT2D eigenvalue weighted by molar-refractivity contribution is 0.260. The third kappa shape index (κ3) is 5.12. The van der Waals surface area contributed by atoms with Crippen LogP contribution < -0.4 is 15.5 Å². The number of aryl methyl sites for hydroxylation is 2. The molecule has 0 bridgehead atoms. The molecular formula is C19H26N6S. The Balaban J connectivity index is 1.37. The summed E-state index contributed by atoms with van der Waals surface area (Å²) >= 11 is 5.41. The fourth-order valence-electron chi connectivity index (χ4n) is 3.07. The average molecular weight is 371 g/mol. The summed E-state index contributed by atoms with van der Waals surface area (Å²) in [6.45, 7) is 9.92. The molecule has 1 aromatic heterocycles. The van der Waals surface area contributed by atoms with E-state index in [0.29, 0.717) is 5.11 Å². The standard InChI is InChI=1S/C19H26N6S/c1-15-4-5-17(16(2)14-15)23-19(26)22-8-9-24-10-12-25(13-11-24)18-20-6-3-7-21-18/h3-7,14H,8-13H2,1-2H3,(H2,22,23,26). The summed E-state index contributed by atoms with van der Waals surface area (Å²) < 4.78 is 0. The van der Waals surface area contributed by atoms with Gasteiger partial charge in [0.1, 0.15) is 0 Å². The van der Waals surface area contributed by atoms with Crippen molar-refractivity contribution in [1.82, 2.24) is 20.2 Å². The predicted molar refractivity (Wildman–Crippen MR) is 111 cm³/mol. The molecule has 6 nitrogen and oxygen atoms in total. The third-order valence-electron chi connectivity index (χ3n) is 4.55. The predicted octanol–water partition coefficient (Wildman–Crippen LogP) is 2.20. The van der Waals surface area contributed by atoms with Gasteiger partial charge in [-0.2, -0.15) is 0 Å². The molecule has 0 radical (unpaired) electrons. The van der Waals surface area contributed by atoms with Gasteiger partial charge in [-0.25, -0.2) is 9.97 Å². The molecule has 0 unspecified atom stereocenters. The number of thiocarbonyl (C=S) groups is 1. The van der Waals surface area contributed by atoms with E-state index in [-0.39, 0.29) is 0 Å². The number of hydrogen-bond acceptors (Lipinski definition) is 5. The molecule has 2 heterocycles. The van der Waals surface area contributed by atoms with Gasteiger partial charge in [0, 0.05) is 57.3 Å². The number of hydrogen-bond donors (Lipinski definition) is 2. The first-order valence-corrected chi connectivity index (χ1v) is 9.39. The Morgan fingerprint density at radius 1 is 1.12 bits per heavy atom. The third-order valence-corrected chi connectivity index (χ3v) is 4.80. The van der Waals surface area contributed by atoms with E-state index in [4.69, 9.17) is 12.2 Å². The summed E-state index contributed by atoms with van der Waals surface area (Å²) in [6, 6.07) is 8.17. The number of nitrogens with one attached hydrogen (secondary N) is 2. The van der Waals surface area contributed by atoms with Crippen LogP contribution in [0.1, 0.15) is 11.1 Å². The van der Waals surface area contributed by atoms with Crippen molar-refractivity contribution in [1.29, 1.82) is 0 Å². The van der Waals surface area contributed by atoms with Crippen LogP contribution in [-0.4, -0.2) is 59.2 Å². The largest absolute Gasteiger partial charge is 0.361 e. The Labute approximate surface area is 160 Å². The lowest BCUT2D eigenvalue weighted by Crippen LogP contribution is -2.49. The van der Waals surface area contributed by atoms with Gasteiger partial charge in [-0.1, -0.05) is 17.7 Å². The van der Waals surface area contributed by atoms with E-state index in [1.807, 2.05) is 6.07 Å². The zero-order chi connectivity index (χ0) is 18.4. The highest BCUT2D eigenvalue weighted by Crippen LogP contribution is 2.15. The SMILES string of the molecule is Cc1ccc(NC(=S)NCCN2CCN(c3ncccn3)CC2)c(C)c1. The molecule has 0 amide bonds. The second kappa shape index (κ2) is 8.91. The topological polar surface area (TPSA) is 56.3 Å². The van der Waals surface area contributed by atoms with Crippen LogP contribution in [0.25, 0.3) is 0 Å². The lowest BCUT2D eigenvalue weighted by atomic mass is 10.1. The van der Waals surface area contributed by atoms with Crippen LogP contribution in [0.4, 0.5) is 11.6 Å². The molecule has 0 aliphatic carbocycles. The maximum atomic E-state index is 5.41. The maximum Gasteiger partial charge on any atom is 0.225 e. The van der Waals surface area contributed by atoms with Gasteiger partial charge in [-0.3, -0.25) is 4.90 Å². The number of anilines is 2. The molecule has 26 heavy (non-hydrogen) atoms. The first-order valence-electron chi connectivity index (χ1n) is 8.98. The van der Waals surface area contributed by atoms with Crippen molar-refractivity contribution in [2.45, 2.75) is 13.8 Å². The number of aromatic nitrogens is 2. The first kappa shape index (κ1) is 18.5.